The van der Waals surface area contributed by atoms with Crippen LogP contribution in [0.5, 0.6) is 0 Å². The number of nitriles is 1. The fourth-order valence-electron chi connectivity index (χ4n) is 3.55. The Kier molecular flexibility index (Phi) is 6.77. The first kappa shape index (κ1) is 21.8. The van der Waals surface area contributed by atoms with Crippen molar-refractivity contribution in [2.45, 2.75) is 31.4 Å². The van der Waals surface area contributed by atoms with Crippen molar-refractivity contribution in [1.82, 2.24) is 5.32 Å². The van der Waals surface area contributed by atoms with E-state index in [1.807, 2.05) is 30.3 Å². The van der Waals surface area contributed by atoms with Crippen molar-refractivity contribution in [3.8, 4) is 6.07 Å². The number of benzene rings is 2. The van der Waals surface area contributed by atoms with E-state index in [-0.39, 0.29) is 25.3 Å². The highest BCUT2D eigenvalue weighted by Crippen LogP contribution is 2.73. The van der Waals surface area contributed by atoms with Crippen LogP contribution in [0.1, 0.15) is 30.0 Å². The van der Waals surface area contributed by atoms with Crippen molar-refractivity contribution in [3.05, 3.63) is 83.9 Å². The minimum absolute atomic E-state index is 0.121. The lowest BCUT2D eigenvalue weighted by atomic mass is 10.2. The van der Waals surface area contributed by atoms with E-state index >= 15 is 0 Å². The van der Waals surface area contributed by atoms with Gasteiger partial charge in [-0.25, -0.2) is 4.79 Å². The monoisotopic (exact) mass is 424 g/mol. The Labute approximate surface area is 177 Å². The molecule has 1 saturated carbocycles. The summed E-state index contributed by atoms with van der Waals surface area (Å²) in [5, 5.41) is 10.8. The minimum Gasteiger partial charge on any atom is -0.445 e. The molecule has 0 aliphatic heterocycles. The molecule has 156 valence electrons. The molecule has 2 aromatic rings. The average molecular weight is 424 g/mol. The predicted molar refractivity (Wildman–Crippen MR) is 115 cm³/mol. The van der Waals surface area contributed by atoms with Gasteiger partial charge < -0.3 is 14.6 Å². The number of nitrogens with one attached hydrogen (secondary N) is 1. The molecular formula is C23H25N2O4P. The third-order valence-corrected chi connectivity index (χ3v) is 8.52. The molecule has 0 heterocycles. The standard InChI is InChI=1S/C23H25N2O4P/c1-3-21-14-23(21,25-22(26)28-16-19-8-6-5-7-9-19)30(27,29-4-2)17-20-12-10-18(15-24)11-13-20/h3,5-13,21H,1,4,14,16-17H2,2H3,(H,25,26). The van der Waals surface area contributed by atoms with Crippen LogP contribution in [-0.2, 0) is 26.6 Å². The third-order valence-electron chi connectivity index (χ3n) is 5.22. The number of carbonyl (C=O) groups is 1. The maximum atomic E-state index is 14.0. The van der Waals surface area contributed by atoms with Gasteiger partial charge in [0.15, 0.2) is 0 Å². The fourth-order valence-corrected chi connectivity index (χ4v) is 6.61. The van der Waals surface area contributed by atoms with Gasteiger partial charge in [0, 0.05) is 5.92 Å². The number of hydrogen-bond acceptors (Lipinski definition) is 5. The summed E-state index contributed by atoms with van der Waals surface area (Å²) in [5.74, 6) is -0.169. The summed E-state index contributed by atoms with van der Waals surface area (Å²) >= 11 is 0. The van der Waals surface area contributed by atoms with Crippen LogP contribution < -0.4 is 5.32 Å². The first-order valence-corrected chi connectivity index (χ1v) is 11.6. The Morgan fingerprint density at radius 3 is 2.53 bits per heavy atom. The molecule has 0 spiro atoms. The maximum Gasteiger partial charge on any atom is 0.408 e. The van der Waals surface area contributed by atoms with Crippen LogP contribution in [0.15, 0.2) is 67.3 Å². The molecular weight excluding hydrogens is 399 g/mol. The van der Waals surface area contributed by atoms with Crippen LogP contribution in [0.3, 0.4) is 0 Å². The van der Waals surface area contributed by atoms with Gasteiger partial charge in [0.25, 0.3) is 0 Å². The number of carbonyl (C=O) groups excluding carboxylic acids is 1. The molecule has 1 fully saturated rings. The van der Waals surface area contributed by atoms with E-state index in [0.717, 1.165) is 11.1 Å². The van der Waals surface area contributed by atoms with Crippen molar-refractivity contribution < 1.29 is 18.6 Å². The molecule has 0 aromatic heterocycles. The summed E-state index contributed by atoms with van der Waals surface area (Å²) < 4.78 is 25.1. The largest absolute Gasteiger partial charge is 0.445 e. The first-order chi connectivity index (χ1) is 14.5. The lowest BCUT2D eigenvalue weighted by molar-refractivity contribution is 0.136. The fraction of sp³-hybridized carbons (Fsp3) is 0.304. The molecule has 3 unspecified atom stereocenters. The second-order valence-electron chi connectivity index (χ2n) is 7.22. The normalized spacial score (nSPS) is 21.7. The smallest absolute Gasteiger partial charge is 0.408 e. The van der Waals surface area contributed by atoms with Gasteiger partial charge in [-0.05, 0) is 36.6 Å². The molecule has 7 heteroatoms. The molecule has 0 bridgehead atoms. The van der Waals surface area contributed by atoms with E-state index in [2.05, 4.69) is 18.0 Å². The molecule has 1 N–H and O–H groups in total. The van der Waals surface area contributed by atoms with E-state index in [9.17, 15) is 9.36 Å². The molecule has 0 saturated heterocycles. The second kappa shape index (κ2) is 9.30. The number of hydrogen-bond donors (Lipinski definition) is 1. The summed E-state index contributed by atoms with van der Waals surface area (Å²) in [4.78, 5) is 12.5. The van der Waals surface area contributed by atoms with Gasteiger partial charge >= 0.3 is 6.09 Å². The summed E-state index contributed by atoms with van der Waals surface area (Å²) in [7, 11) is -3.34. The molecule has 3 atom stereocenters. The van der Waals surface area contributed by atoms with Crippen molar-refractivity contribution in [2.75, 3.05) is 6.61 Å². The van der Waals surface area contributed by atoms with Crippen LogP contribution in [0, 0.1) is 17.2 Å². The minimum atomic E-state index is -3.34. The Morgan fingerprint density at radius 2 is 1.97 bits per heavy atom. The SMILES string of the molecule is C=CC1CC1(NC(=O)OCc1ccccc1)P(=O)(Cc1ccc(C#N)cc1)OCC. The van der Waals surface area contributed by atoms with E-state index < -0.39 is 18.7 Å². The molecule has 0 radical (unpaired) electrons. The number of ether oxygens (including phenoxy) is 1. The average Bonchev–Trinajstić information content (AvgIpc) is 3.48. The Morgan fingerprint density at radius 1 is 1.27 bits per heavy atom. The van der Waals surface area contributed by atoms with E-state index in [1.165, 1.54) is 0 Å². The first-order valence-electron chi connectivity index (χ1n) is 9.80. The number of amides is 1. The van der Waals surface area contributed by atoms with Crippen LogP contribution in [-0.4, -0.2) is 18.0 Å². The van der Waals surface area contributed by atoms with Crippen LogP contribution in [0.2, 0.25) is 0 Å². The zero-order chi connectivity index (χ0) is 21.6. The van der Waals surface area contributed by atoms with Gasteiger partial charge in [-0.3, -0.25) is 4.57 Å². The van der Waals surface area contributed by atoms with Gasteiger partial charge in [0.2, 0.25) is 7.37 Å². The zero-order valence-corrected chi connectivity index (χ0v) is 17.8. The van der Waals surface area contributed by atoms with Crippen molar-refractivity contribution >= 4 is 13.5 Å². The Bertz CT molecular complexity index is 985. The van der Waals surface area contributed by atoms with Gasteiger partial charge in [-0.15, -0.1) is 6.58 Å². The van der Waals surface area contributed by atoms with Crippen LogP contribution >= 0.6 is 7.37 Å². The van der Waals surface area contributed by atoms with E-state index in [4.69, 9.17) is 14.5 Å². The predicted octanol–water partition coefficient (Wildman–Crippen LogP) is 5.20. The number of nitrogens with zero attached hydrogens (tertiary/aromatic N) is 1. The van der Waals surface area contributed by atoms with E-state index in [0.29, 0.717) is 12.0 Å². The Hall–Kier alpha value is -2.87. The highest BCUT2D eigenvalue weighted by atomic mass is 31.2. The number of alkyl carbamates (subject to hydrolysis) is 1. The lowest BCUT2D eigenvalue weighted by Gasteiger charge is -2.29. The summed E-state index contributed by atoms with van der Waals surface area (Å²) in [6.45, 7) is 5.96. The molecule has 1 aliphatic carbocycles. The second-order valence-corrected chi connectivity index (χ2v) is 9.93. The van der Waals surface area contributed by atoms with Crippen LogP contribution in [0.25, 0.3) is 0 Å². The number of rotatable bonds is 9. The molecule has 2 aromatic carbocycles. The van der Waals surface area contributed by atoms with Crippen molar-refractivity contribution in [3.63, 3.8) is 0 Å². The van der Waals surface area contributed by atoms with Crippen molar-refractivity contribution in [2.24, 2.45) is 5.92 Å². The quantitative estimate of drug-likeness (QED) is 0.441. The zero-order valence-electron chi connectivity index (χ0n) is 16.9. The van der Waals surface area contributed by atoms with Gasteiger partial charge in [0.1, 0.15) is 11.9 Å². The summed E-state index contributed by atoms with van der Waals surface area (Å²) in [5.41, 5.74) is 2.17. The summed E-state index contributed by atoms with van der Waals surface area (Å²) in [6.07, 6.45) is 1.69. The van der Waals surface area contributed by atoms with Gasteiger partial charge in [-0.2, -0.15) is 5.26 Å². The molecule has 1 aliphatic rings. The summed E-state index contributed by atoms with van der Waals surface area (Å²) in [6, 6.07) is 18.3. The van der Waals surface area contributed by atoms with Crippen molar-refractivity contribution in [1.29, 1.82) is 5.26 Å². The maximum absolute atomic E-state index is 14.0. The highest BCUT2D eigenvalue weighted by Gasteiger charge is 2.66. The topological polar surface area (TPSA) is 88.4 Å². The highest BCUT2D eigenvalue weighted by molar-refractivity contribution is 7.60. The van der Waals surface area contributed by atoms with E-state index in [1.54, 1.807) is 37.3 Å². The Balaban J connectivity index is 1.77. The molecule has 30 heavy (non-hydrogen) atoms. The molecule has 3 rings (SSSR count). The lowest BCUT2D eigenvalue weighted by Crippen LogP contribution is -2.39. The van der Waals surface area contributed by atoms with Gasteiger partial charge in [0.05, 0.1) is 24.4 Å². The van der Waals surface area contributed by atoms with Crippen LogP contribution in [0.4, 0.5) is 4.79 Å². The third kappa shape index (κ3) is 4.64. The molecule has 6 nitrogen and oxygen atoms in total. The molecule has 1 amide bonds. The van der Waals surface area contributed by atoms with Gasteiger partial charge in [-0.1, -0.05) is 48.5 Å².